The lowest BCUT2D eigenvalue weighted by atomic mass is 10.0. The minimum atomic E-state index is -0.975. The Kier molecular flexibility index (Phi) is 4.50. The first-order chi connectivity index (χ1) is 13.4. The summed E-state index contributed by atoms with van der Waals surface area (Å²) < 4.78 is 7.31. The molecule has 1 aliphatic rings. The zero-order valence-corrected chi connectivity index (χ0v) is 15.7. The van der Waals surface area contributed by atoms with Crippen LogP contribution in [0.15, 0.2) is 28.8 Å². The number of nitrogens with one attached hydrogen (secondary N) is 1. The van der Waals surface area contributed by atoms with Crippen LogP contribution in [-0.4, -0.2) is 55.0 Å². The average Bonchev–Trinajstić information content (AvgIpc) is 3.40. The van der Waals surface area contributed by atoms with Gasteiger partial charge in [-0.1, -0.05) is 0 Å². The van der Waals surface area contributed by atoms with Gasteiger partial charge in [0.25, 0.3) is 5.91 Å². The van der Waals surface area contributed by atoms with Crippen molar-refractivity contribution in [3.8, 4) is 11.5 Å². The fraction of sp³-hybridized carbons (Fsp3) is 0.368. The molecule has 0 radical (unpaired) electrons. The number of aromatic carboxylic acids is 1. The van der Waals surface area contributed by atoms with Gasteiger partial charge in [0.2, 0.25) is 0 Å². The Hall–Kier alpha value is -3.36. The Morgan fingerprint density at radius 1 is 1.25 bits per heavy atom. The maximum Gasteiger partial charge on any atom is 0.339 e. The third-order valence-electron chi connectivity index (χ3n) is 5.18. The molecule has 4 heterocycles. The molecular weight excluding hydrogens is 362 g/mol. The Morgan fingerprint density at radius 2 is 2.00 bits per heavy atom. The number of H-pyrrole nitrogens is 1. The fourth-order valence-electron chi connectivity index (χ4n) is 3.61. The second-order valence-electron chi connectivity index (χ2n) is 6.99. The normalized spacial score (nSPS) is 15.1. The summed E-state index contributed by atoms with van der Waals surface area (Å²) in [6.45, 7) is 4.74. The predicted molar refractivity (Wildman–Crippen MR) is 99.1 cm³/mol. The summed E-state index contributed by atoms with van der Waals surface area (Å²) in [5, 5.41) is 20.4. The quantitative estimate of drug-likeness (QED) is 0.715. The predicted octanol–water partition coefficient (Wildman–Crippen LogP) is 2.66. The lowest BCUT2D eigenvalue weighted by Gasteiger charge is -2.32. The number of carboxylic acids is 1. The highest BCUT2D eigenvalue weighted by Crippen LogP contribution is 2.26. The van der Waals surface area contributed by atoms with Gasteiger partial charge in [-0.05, 0) is 38.8 Å². The number of nitrogens with zero attached hydrogens (tertiary/aromatic N) is 4. The van der Waals surface area contributed by atoms with Crippen molar-refractivity contribution in [2.24, 2.45) is 0 Å². The molecule has 0 aromatic carbocycles. The van der Waals surface area contributed by atoms with Crippen molar-refractivity contribution in [3.63, 3.8) is 0 Å². The first-order valence-electron chi connectivity index (χ1n) is 9.13. The van der Waals surface area contributed by atoms with Crippen LogP contribution in [0.4, 0.5) is 0 Å². The van der Waals surface area contributed by atoms with Crippen LogP contribution in [0.3, 0.4) is 0 Å². The number of hydrogen-bond donors (Lipinski definition) is 2. The summed E-state index contributed by atoms with van der Waals surface area (Å²) in [5.74, 6) is 0.329. The Bertz CT molecular complexity index is 1020. The molecule has 1 amide bonds. The highest BCUT2D eigenvalue weighted by molar-refractivity contribution is 5.93. The molecule has 1 fully saturated rings. The highest BCUT2D eigenvalue weighted by atomic mass is 16.4. The van der Waals surface area contributed by atoms with E-state index in [0.717, 1.165) is 5.76 Å². The van der Waals surface area contributed by atoms with E-state index in [9.17, 15) is 14.7 Å². The van der Waals surface area contributed by atoms with E-state index in [1.807, 2.05) is 19.1 Å². The Labute approximate surface area is 161 Å². The highest BCUT2D eigenvalue weighted by Gasteiger charge is 2.28. The van der Waals surface area contributed by atoms with E-state index in [1.54, 1.807) is 22.6 Å². The van der Waals surface area contributed by atoms with E-state index in [0.29, 0.717) is 48.8 Å². The number of piperidine rings is 1. The summed E-state index contributed by atoms with van der Waals surface area (Å²) >= 11 is 0. The summed E-state index contributed by atoms with van der Waals surface area (Å²) in [7, 11) is 0. The van der Waals surface area contributed by atoms with Crippen LogP contribution in [0, 0.1) is 13.8 Å². The van der Waals surface area contributed by atoms with E-state index >= 15 is 0 Å². The van der Waals surface area contributed by atoms with Gasteiger partial charge < -0.3 is 14.4 Å². The summed E-state index contributed by atoms with van der Waals surface area (Å²) in [6, 6.07) is 5.47. The minimum absolute atomic E-state index is 0.0815. The molecular formula is C19H21N5O4. The number of carbonyl (C=O) groups is 2. The molecule has 146 valence electrons. The van der Waals surface area contributed by atoms with Crippen LogP contribution < -0.4 is 0 Å². The number of furan rings is 1. The number of amides is 1. The molecule has 4 rings (SSSR count). The number of carbonyl (C=O) groups excluding carboxylic acids is 1. The van der Waals surface area contributed by atoms with Crippen molar-refractivity contribution in [2.75, 3.05) is 13.1 Å². The number of aromatic amines is 1. The zero-order chi connectivity index (χ0) is 19.8. The standard InChI is InChI=1S/C19H21N5O4/c1-11-3-4-17(28-11)15-9-16(22-21-15)18(25)23-7-5-13(6-8-23)24-12(2)14(10-20-24)19(26)27/h3-4,9-10,13H,5-8H2,1-2H3,(H,21,22)(H,26,27). The number of carboxylic acid groups (broad SMARTS) is 1. The third kappa shape index (κ3) is 3.19. The number of aromatic nitrogens is 4. The van der Waals surface area contributed by atoms with Crippen molar-refractivity contribution >= 4 is 11.9 Å². The van der Waals surface area contributed by atoms with Gasteiger partial charge in [-0.3, -0.25) is 14.6 Å². The topological polar surface area (TPSA) is 117 Å². The third-order valence-corrected chi connectivity index (χ3v) is 5.18. The zero-order valence-electron chi connectivity index (χ0n) is 15.7. The van der Waals surface area contributed by atoms with Crippen LogP contribution in [0.1, 0.15) is 51.2 Å². The lowest BCUT2D eigenvalue weighted by Crippen LogP contribution is -2.39. The molecule has 1 aliphatic heterocycles. The van der Waals surface area contributed by atoms with Gasteiger partial charge in [0.1, 0.15) is 17.0 Å². The van der Waals surface area contributed by atoms with Crippen molar-refractivity contribution in [1.82, 2.24) is 24.9 Å². The largest absolute Gasteiger partial charge is 0.478 e. The van der Waals surface area contributed by atoms with E-state index in [2.05, 4.69) is 15.3 Å². The number of hydrogen-bond acceptors (Lipinski definition) is 5. The molecule has 3 aromatic heterocycles. The smallest absolute Gasteiger partial charge is 0.339 e. The maximum atomic E-state index is 12.8. The second-order valence-corrected chi connectivity index (χ2v) is 6.99. The van der Waals surface area contributed by atoms with Crippen molar-refractivity contribution in [2.45, 2.75) is 32.7 Å². The molecule has 1 saturated heterocycles. The average molecular weight is 383 g/mol. The molecule has 0 atom stereocenters. The van der Waals surface area contributed by atoms with Crippen LogP contribution in [0.2, 0.25) is 0 Å². The van der Waals surface area contributed by atoms with E-state index < -0.39 is 5.97 Å². The van der Waals surface area contributed by atoms with E-state index in [4.69, 9.17) is 4.42 Å². The van der Waals surface area contributed by atoms with Gasteiger partial charge in [-0.2, -0.15) is 10.2 Å². The van der Waals surface area contributed by atoms with Gasteiger partial charge in [0.15, 0.2) is 11.5 Å². The summed E-state index contributed by atoms with van der Waals surface area (Å²) in [6.07, 6.45) is 2.81. The molecule has 3 aromatic rings. The number of likely N-dealkylation sites (tertiary alicyclic amines) is 1. The molecule has 9 heteroatoms. The van der Waals surface area contributed by atoms with Crippen molar-refractivity contribution in [3.05, 3.63) is 47.1 Å². The van der Waals surface area contributed by atoms with E-state index in [1.165, 1.54) is 6.20 Å². The van der Waals surface area contributed by atoms with Crippen LogP contribution in [0.25, 0.3) is 11.5 Å². The molecule has 0 bridgehead atoms. The Balaban J connectivity index is 1.42. The summed E-state index contributed by atoms with van der Waals surface area (Å²) in [5.41, 5.74) is 1.88. The van der Waals surface area contributed by atoms with Gasteiger partial charge >= 0.3 is 5.97 Å². The maximum absolute atomic E-state index is 12.8. The van der Waals surface area contributed by atoms with Gasteiger partial charge in [0.05, 0.1) is 17.9 Å². The van der Waals surface area contributed by atoms with Crippen LogP contribution in [-0.2, 0) is 0 Å². The minimum Gasteiger partial charge on any atom is -0.478 e. The SMILES string of the molecule is Cc1ccc(-c2cc(C(=O)N3CCC(n4ncc(C(=O)O)c4C)CC3)n[nH]2)o1. The first-order valence-corrected chi connectivity index (χ1v) is 9.13. The molecule has 9 nitrogen and oxygen atoms in total. The lowest BCUT2D eigenvalue weighted by molar-refractivity contribution is 0.0682. The molecule has 0 aliphatic carbocycles. The van der Waals surface area contributed by atoms with Gasteiger partial charge in [-0.15, -0.1) is 0 Å². The second kappa shape index (κ2) is 6.99. The molecule has 2 N–H and O–H groups in total. The monoisotopic (exact) mass is 383 g/mol. The molecule has 0 spiro atoms. The van der Waals surface area contributed by atoms with Gasteiger partial charge in [-0.25, -0.2) is 4.79 Å². The van der Waals surface area contributed by atoms with Crippen molar-refractivity contribution < 1.29 is 19.1 Å². The van der Waals surface area contributed by atoms with Gasteiger partial charge in [0, 0.05) is 19.2 Å². The Morgan fingerprint density at radius 3 is 2.61 bits per heavy atom. The van der Waals surface area contributed by atoms with E-state index in [-0.39, 0.29) is 17.5 Å². The fourth-order valence-corrected chi connectivity index (χ4v) is 3.61. The van der Waals surface area contributed by atoms with Crippen LogP contribution in [0.5, 0.6) is 0 Å². The molecule has 0 saturated carbocycles. The molecule has 28 heavy (non-hydrogen) atoms. The molecule has 0 unspecified atom stereocenters. The first kappa shape index (κ1) is 18.0. The van der Waals surface area contributed by atoms with Crippen molar-refractivity contribution in [1.29, 1.82) is 0 Å². The summed E-state index contributed by atoms with van der Waals surface area (Å²) in [4.78, 5) is 25.7. The number of rotatable bonds is 4. The van der Waals surface area contributed by atoms with Crippen LogP contribution >= 0.6 is 0 Å². The number of aryl methyl sites for hydroxylation is 1.